The minimum Gasteiger partial charge on any atom is -0.378 e. The molecule has 0 aromatic carbocycles. The van der Waals surface area contributed by atoms with Gasteiger partial charge in [-0.2, -0.15) is 0 Å². The van der Waals surface area contributed by atoms with Crippen molar-refractivity contribution in [2.24, 2.45) is 5.92 Å². The number of amidine groups is 1. The van der Waals surface area contributed by atoms with Gasteiger partial charge in [0, 0.05) is 19.6 Å². The van der Waals surface area contributed by atoms with E-state index >= 15 is 0 Å². The van der Waals surface area contributed by atoms with Crippen LogP contribution < -0.4 is 5.32 Å². The van der Waals surface area contributed by atoms with E-state index in [1.54, 1.807) is 4.90 Å². The number of rotatable bonds is 2. The van der Waals surface area contributed by atoms with Gasteiger partial charge in [0.25, 0.3) is 0 Å². The molecule has 0 aromatic rings. The molecule has 2 aliphatic rings. The Morgan fingerprint density at radius 1 is 1.67 bits per heavy atom. The van der Waals surface area contributed by atoms with Crippen molar-refractivity contribution in [3.8, 4) is 0 Å². The van der Waals surface area contributed by atoms with Crippen LogP contribution in [0.1, 0.15) is 20.3 Å². The summed E-state index contributed by atoms with van der Waals surface area (Å²) < 4.78 is 5.34. The number of hydrogen-bond acceptors (Lipinski definition) is 3. The number of amides is 2. The Labute approximate surface area is 89.3 Å². The predicted molar refractivity (Wildman–Crippen MR) is 56.0 cm³/mol. The fourth-order valence-electron chi connectivity index (χ4n) is 2.21. The maximum absolute atomic E-state index is 11.7. The Morgan fingerprint density at radius 3 is 2.93 bits per heavy atom. The summed E-state index contributed by atoms with van der Waals surface area (Å²) in [5.74, 6) is 0.699. The molecule has 2 N–H and O–H groups in total. The lowest BCUT2D eigenvalue weighted by Crippen LogP contribution is -2.51. The van der Waals surface area contributed by atoms with E-state index in [-0.39, 0.29) is 6.03 Å². The molecule has 2 fully saturated rings. The molecule has 2 heterocycles. The Balaban J connectivity index is 2.24. The summed E-state index contributed by atoms with van der Waals surface area (Å²) in [5.41, 5.74) is -0.499. The van der Waals surface area contributed by atoms with Crippen molar-refractivity contribution < 1.29 is 9.53 Å². The molecule has 2 saturated heterocycles. The highest BCUT2D eigenvalue weighted by Crippen LogP contribution is 2.31. The zero-order valence-electron chi connectivity index (χ0n) is 9.17. The Kier molecular flexibility index (Phi) is 2.42. The number of carbonyl (C=O) groups excluding carboxylic acids is 1. The molecule has 2 rings (SSSR count). The van der Waals surface area contributed by atoms with Gasteiger partial charge in [-0.05, 0) is 5.92 Å². The monoisotopic (exact) mass is 211 g/mol. The van der Waals surface area contributed by atoms with E-state index in [1.165, 1.54) is 0 Å². The van der Waals surface area contributed by atoms with Crippen LogP contribution in [0.3, 0.4) is 0 Å². The van der Waals surface area contributed by atoms with Gasteiger partial charge < -0.3 is 9.64 Å². The molecule has 1 atom stereocenters. The molecular formula is C10H17N3O2. The van der Waals surface area contributed by atoms with E-state index in [0.717, 1.165) is 6.42 Å². The largest absolute Gasteiger partial charge is 0.378 e. The quantitative estimate of drug-likeness (QED) is 0.709. The van der Waals surface area contributed by atoms with Crippen LogP contribution in [0.2, 0.25) is 0 Å². The van der Waals surface area contributed by atoms with Crippen LogP contribution in [0.4, 0.5) is 4.79 Å². The van der Waals surface area contributed by atoms with Crippen LogP contribution >= 0.6 is 0 Å². The van der Waals surface area contributed by atoms with Crippen LogP contribution in [-0.2, 0) is 4.74 Å². The molecule has 2 amide bonds. The lowest BCUT2D eigenvalue weighted by Gasteiger charge is -2.32. The molecule has 15 heavy (non-hydrogen) atoms. The molecule has 0 bridgehead atoms. The van der Waals surface area contributed by atoms with Crippen molar-refractivity contribution in [1.82, 2.24) is 10.2 Å². The minimum atomic E-state index is -0.499. The first-order chi connectivity index (χ1) is 7.06. The lowest BCUT2D eigenvalue weighted by atomic mass is 9.95. The summed E-state index contributed by atoms with van der Waals surface area (Å²) in [6.07, 6.45) is 0.733. The topological polar surface area (TPSA) is 65.4 Å². The third kappa shape index (κ3) is 1.51. The van der Waals surface area contributed by atoms with E-state index < -0.39 is 5.54 Å². The predicted octanol–water partition coefficient (Wildman–Crippen LogP) is 0.804. The minimum absolute atomic E-state index is 0.154. The highest BCUT2D eigenvalue weighted by molar-refractivity contribution is 6.08. The molecule has 5 heteroatoms. The first-order valence-electron chi connectivity index (χ1n) is 5.31. The van der Waals surface area contributed by atoms with E-state index in [9.17, 15) is 4.79 Å². The fraction of sp³-hybridized carbons (Fsp3) is 0.800. The number of hydrogen-bond donors (Lipinski definition) is 2. The van der Waals surface area contributed by atoms with Gasteiger partial charge in [-0.1, -0.05) is 13.8 Å². The maximum Gasteiger partial charge on any atom is 0.323 e. The zero-order chi connectivity index (χ0) is 11.1. The summed E-state index contributed by atoms with van der Waals surface area (Å²) in [4.78, 5) is 13.5. The van der Waals surface area contributed by atoms with Crippen molar-refractivity contribution in [1.29, 1.82) is 5.41 Å². The number of ether oxygens (including phenoxy) is 1. The SMILES string of the molecule is CC(C)CN1C(=O)NC(=N)C12CCOC2. The summed E-state index contributed by atoms with van der Waals surface area (Å²) in [5, 5.41) is 10.4. The third-order valence-corrected chi connectivity index (χ3v) is 3.01. The average molecular weight is 211 g/mol. The summed E-state index contributed by atoms with van der Waals surface area (Å²) >= 11 is 0. The van der Waals surface area contributed by atoms with Crippen molar-refractivity contribution in [2.45, 2.75) is 25.8 Å². The second-order valence-electron chi connectivity index (χ2n) is 4.64. The highest BCUT2D eigenvalue weighted by atomic mass is 16.5. The molecule has 1 spiro atoms. The highest BCUT2D eigenvalue weighted by Gasteiger charge is 2.52. The molecular weight excluding hydrogens is 194 g/mol. The van der Waals surface area contributed by atoms with Crippen molar-refractivity contribution >= 4 is 11.9 Å². The van der Waals surface area contributed by atoms with Gasteiger partial charge in [0.05, 0.1) is 6.61 Å². The first-order valence-corrected chi connectivity index (χ1v) is 5.31. The first kappa shape index (κ1) is 10.4. The molecule has 2 aliphatic heterocycles. The molecule has 0 aliphatic carbocycles. The van der Waals surface area contributed by atoms with Crippen LogP contribution in [0.15, 0.2) is 0 Å². The van der Waals surface area contributed by atoms with Gasteiger partial charge in [-0.3, -0.25) is 10.7 Å². The van der Waals surface area contributed by atoms with Crippen molar-refractivity contribution in [3.63, 3.8) is 0 Å². The Morgan fingerprint density at radius 2 is 2.40 bits per heavy atom. The lowest BCUT2D eigenvalue weighted by molar-refractivity contribution is 0.131. The van der Waals surface area contributed by atoms with Crippen LogP contribution in [0.25, 0.3) is 0 Å². The molecule has 0 radical (unpaired) electrons. The van der Waals surface area contributed by atoms with Gasteiger partial charge in [0.1, 0.15) is 11.4 Å². The Hall–Kier alpha value is -1.10. The normalized spacial score (nSPS) is 30.7. The second kappa shape index (κ2) is 3.48. The van der Waals surface area contributed by atoms with Gasteiger partial charge in [-0.25, -0.2) is 4.79 Å². The number of nitrogens with zero attached hydrogens (tertiary/aromatic N) is 1. The van der Waals surface area contributed by atoms with Gasteiger partial charge in [-0.15, -0.1) is 0 Å². The fourth-order valence-corrected chi connectivity index (χ4v) is 2.21. The van der Waals surface area contributed by atoms with Crippen LogP contribution in [0, 0.1) is 11.3 Å². The second-order valence-corrected chi connectivity index (χ2v) is 4.64. The molecule has 0 saturated carbocycles. The smallest absolute Gasteiger partial charge is 0.323 e. The van der Waals surface area contributed by atoms with Gasteiger partial charge in [0.15, 0.2) is 0 Å². The molecule has 84 valence electrons. The summed E-state index contributed by atoms with van der Waals surface area (Å²) in [6.45, 7) is 5.90. The third-order valence-electron chi connectivity index (χ3n) is 3.01. The van der Waals surface area contributed by atoms with E-state index in [0.29, 0.717) is 31.5 Å². The van der Waals surface area contributed by atoms with E-state index in [1.807, 2.05) is 0 Å². The number of urea groups is 1. The zero-order valence-corrected chi connectivity index (χ0v) is 9.17. The van der Waals surface area contributed by atoms with E-state index in [4.69, 9.17) is 10.1 Å². The standard InChI is InChI=1S/C10H17N3O2/c1-7(2)5-13-9(14)12-8(11)10(13)3-4-15-6-10/h7H,3-6H2,1-2H3,(H2,11,12,14). The summed E-state index contributed by atoms with van der Waals surface area (Å²) in [7, 11) is 0. The molecule has 5 nitrogen and oxygen atoms in total. The van der Waals surface area contributed by atoms with Gasteiger partial charge >= 0.3 is 6.03 Å². The number of nitrogens with one attached hydrogen (secondary N) is 2. The number of carbonyl (C=O) groups is 1. The van der Waals surface area contributed by atoms with Crippen molar-refractivity contribution in [2.75, 3.05) is 19.8 Å². The molecule has 1 unspecified atom stereocenters. The maximum atomic E-state index is 11.7. The van der Waals surface area contributed by atoms with Gasteiger partial charge in [0.2, 0.25) is 0 Å². The molecule has 0 aromatic heterocycles. The van der Waals surface area contributed by atoms with Crippen molar-refractivity contribution in [3.05, 3.63) is 0 Å². The average Bonchev–Trinajstić information content (AvgIpc) is 2.69. The summed E-state index contributed by atoms with van der Waals surface area (Å²) in [6, 6.07) is -0.154. The van der Waals surface area contributed by atoms with Crippen LogP contribution in [0.5, 0.6) is 0 Å². The van der Waals surface area contributed by atoms with Crippen LogP contribution in [-0.4, -0.2) is 42.1 Å². The van der Waals surface area contributed by atoms with E-state index in [2.05, 4.69) is 19.2 Å². The Bertz CT molecular complexity index is 295.